The average molecular weight is 186 g/mol. The van der Waals surface area contributed by atoms with Crippen molar-refractivity contribution in [3.63, 3.8) is 0 Å². The van der Waals surface area contributed by atoms with Crippen molar-refractivity contribution in [3.8, 4) is 11.8 Å². The van der Waals surface area contributed by atoms with Crippen LogP contribution in [0.4, 0.5) is 0 Å². The molecule has 1 nitrogen and oxygen atoms in total. The molecule has 0 aromatic heterocycles. The fourth-order valence-corrected chi connectivity index (χ4v) is 1.08. The quantitative estimate of drug-likeness (QED) is 0.645. The maximum Gasteiger partial charge on any atom is 0.107 e. The van der Waals surface area contributed by atoms with Crippen molar-refractivity contribution in [1.82, 2.24) is 0 Å². The Bertz CT molecular complexity index is 352. The summed E-state index contributed by atoms with van der Waals surface area (Å²) in [5.41, 5.74) is 2.23. The molecule has 0 N–H and O–H groups in total. The molecule has 0 radical (unpaired) electrons. The van der Waals surface area contributed by atoms with Gasteiger partial charge in [-0.25, -0.2) is 0 Å². The van der Waals surface area contributed by atoms with Crippen LogP contribution in [0, 0.1) is 11.8 Å². The number of benzene rings is 1. The van der Waals surface area contributed by atoms with Crippen LogP contribution >= 0.6 is 0 Å². The van der Waals surface area contributed by atoms with Crippen molar-refractivity contribution in [2.45, 2.75) is 6.92 Å². The molecule has 1 rings (SSSR count). The standard InChI is InChI=1S/C13H14O/c1-12(7-6-10-14-2)11-13-8-4-3-5-9-13/h3-5,8-9,11H,10H2,1-2H3/b12-11+. The van der Waals surface area contributed by atoms with Gasteiger partial charge in [0.05, 0.1) is 0 Å². The smallest absolute Gasteiger partial charge is 0.107 e. The van der Waals surface area contributed by atoms with E-state index in [1.807, 2.05) is 25.1 Å². The number of ether oxygens (including phenoxy) is 1. The third-order valence-corrected chi connectivity index (χ3v) is 1.68. The molecule has 1 aromatic rings. The van der Waals surface area contributed by atoms with Gasteiger partial charge in [-0.15, -0.1) is 0 Å². The Morgan fingerprint density at radius 2 is 2.07 bits per heavy atom. The molecule has 0 atom stereocenters. The van der Waals surface area contributed by atoms with Crippen molar-refractivity contribution in [2.24, 2.45) is 0 Å². The molecule has 0 aliphatic rings. The first-order valence-corrected chi connectivity index (χ1v) is 4.54. The molecule has 0 unspecified atom stereocenters. The van der Waals surface area contributed by atoms with E-state index in [1.54, 1.807) is 7.11 Å². The lowest BCUT2D eigenvalue weighted by Crippen LogP contribution is -1.81. The van der Waals surface area contributed by atoms with Gasteiger partial charge in [0.1, 0.15) is 6.61 Å². The van der Waals surface area contributed by atoms with Gasteiger partial charge in [-0.05, 0) is 24.1 Å². The Morgan fingerprint density at radius 1 is 1.36 bits per heavy atom. The highest BCUT2D eigenvalue weighted by molar-refractivity contribution is 5.57. The van der Waals surface area contributed by atoms with E-state index >= 15 is 0 Å². The monoisotopic (exact) mass is 186 g/mol. The molecule has 0 aliphatic carbocycles. The highest BCUT2D eigenvalue weighted by Gasteiger charge is 1.85. The van der Waals surface area contributed by atoms with Gasteiger partial charge < -0.3 is 4.74 Å². The zero-order valence-corrected chi connectivity index (χ0v) is 8.58. The molecule has 1 aromatic carbocycles. The second-order valence-electron chi connectivity index (χ2n) is 2.97. The van der Waals surface area contributed by atoms with Crippen LogP contribution in [0.3, 0.4) is 0 Å². The molecule has 0 bridgehead atoms. The Hall–Kier alpha value is -1.52. The minimum Gasteiger partial charge on any atom is -0.372 e. The van der Waals surface area contributed by atoms with Crippen LogP contribution in [0.5, 0.6) is 0 Å². The second kappa shape index (κ2) is 6.01. The van der Waals surface area contributed by atoms with Gasteiger partial charge in [0.25, 0.3) is 0 Å². The molecule has 0 saturated carbocycles. The van der Waals surface area contributed by atoms with E-state index in [4.69, 9.17) is 4.74 Å². The van der Waals surface area contributed by atoms with Crippen LogP contribution < -0.4 is 0 Å². The number of methoxy groups -OCH3 is 1. The van der Waals surface area contributed by atoms with Crippen LogP contribution in [0.2, 0.25) is 0 Å². The predicted molar refractivity (Wildman–Crippen MR) is 59.7 cm³/mol. The van der Waals surface area contributed by atoms with Gasteiger partial charge in [-0.3, -0.25) is 0 Å². The van der Waals surface area contributed by atoms with Crippen molar-refractivity contribution in [3.05, 3.63) is 41.5 Å². The third-order valence-electron chi connectivity index (χ3n) is 1.68. The zero-order chi connectivity index (χ0) is 10.2. The summed E-state index contributed by atoms with van der Waals surface area (Å²) in [6, 6.07) is 10.1. The minimum atomic E-state index is 0.486. The maximum absolute atomic E-state index is 4.84. The SMILES string of the molecule is COCC#C/C(C)=C/c1ccccc1. The lowest BCUT2D eigenvalue weighted by molar-refractivity contribution is 0.240. The lowest BCUT2D eigenvalue weighted by Gasteiger charge is -1.92. The Morgan fingerprint density at radius 3 is 2.71 bits per heavy atom. The molecule has 0 amide bonds. The van der Waals surface area contributed by atoms with Gasteiger partial charge >= 0.3 is 0 Å². The van der Waals surface area contributed by atoms with E-state index in [1.165, 1.54) is 5.56 Å². The fraction of sp³-hybridized carbons (Fsp3) is 0.231. The van der Waals surface area contributed by atoms with E-state index in [9.17, 15) is 0 Å². The van der Waals surface area contributed by atoms with E-state index < -0.39 is 0 Å². The summed E-state index contributed by atoms with van der Waals surface area (Å²) in [6.07, 6.45) is 2.06. The molecular formula is C13H14O. The van der Waals surface area contributed by atoms with Gasteiger partial charge in [-0.2, -0.15) is 0 Å². The third kappa shape index (κ3) is 3.93. The summed E-state index contributed by atoms with van der Waals surface area (Å²) < 4.78 is 4.84. The summed E-state index contributed by atoms with van der Waals surface area (Å²) >= 11 is 0. The summed E-state index contributed by atoms with van der Waals surface area (Å²) in [6.45, 7) is 2.48. The first-order chi connectivity index (χ1) is 6.83. The number of rotatable bonds is 2. The summed E-state index contributed by atoms with van der Waals surface area (Å²) in [4.78, 5) is 0. The van der Waals surface area contributed by atoms with Crippen LogP contribution in [0.15, 0.2) is 35.9 Å². The maximum atomic E-state index is 4.84. The molecule has 0 heterocycles. The Labute approximate surface area is 85.4 Å². The van der Waals surface area contributed by atoms with Crippen LogP contribution in [0.1, 0.15) is 12.5 Å². The zero-order valence-electron chi connectivity index (χ0n) is 8.58. The summed E-state index contributed by atoms with van der Waals surface area (Å²) in [5.74, 6) is 5.93. The Kier molecular flexibility index (Phi) is 4.54. The number of allylic oxidation sites excluding steroid dienone is 1. The molecule has 72 valence electrons. The van der Waals surface area contributed by atoms with Crippen molar-refractivity contribution in [1.29, 1.82) is 0 Å². The normalized spacial score (nSPS) is 10.6. The molecule has 14 heavy (non-hydrogen) atoms. The van der Waals surface area contributed by atoms with Gasteiger partial charge in [-0.1, -0.05) is 42.2 Å². The number of hydrogen-bond donors (Lipinski definition) is 0. The average Bonchev–Trinajstić information content (AvgIpc) is 2.20. The largest absolute Gasteiger partial charge is 0.372 e. The predicted octanol–water partition coefficient (Wildman–Crippen LogP) is 2.74. The Balaban J connectivity index is 2.66. The van der Waals surface area contributed by atoms with Gasteiger partial charge in [0.15, 0.2) is 0 Å². The van der Waals surface area contributed by atoms with Gasteiger partial charge in [0.2, 0.25) is 0 Å². The van der Waals surface area contributed by atoms with Crippen LogP contribution in [0.25, 0.3) is 6.08 Å². The molecule has 0 fully saturated rings. The van der Waals surface area contributed by atoms with E-state index in [2.05, 4.69) is 30.0 Å². The first kappa shape index (κ1) is 10.6. The van der Waals surface area contributed by atoms with Gasteiger partial charge in [0, 0.05) is 7.11 Å². The highest BCUT2D eigenvalue weighted by atomic mass is 16.5. The second-order valence-corrected chi connectivity index (χ2v) is 2.97. The van der Waals surface area contributed by atoms with E-state index in [0.29, 0.717) is 6.61 Å². The molecule has 0 saturated heterocycles. The lowest BCUT2D eigenvalue weighted by atomic mass is 10.1. The van der Waals surface area contributed by atoms with Crippen LogP contribution in [-0.4, -0.2) is 13.7 Å². The van der Waals surface area contributed by atoms with E-state index in [0.717, 1.165) is 5.57 Å². The molecule has 0 aliphatic heterocycles. The number of hydrogen-bond acceptors (Lipinski definition) is 1. The van der Waals surface area contributed by atoms with Crippen molar-refractivity contribution < 1.29 is 4.74 Å². The first-order valence-electron chi connectivity index (χ1n) is 4.54. The molecular weight excluding hydrogens is 172 g/mol. The fourth-order valence-electron chi connectivity index (χ4n) is 1.08. The topological polar surface area (TPSA) is 9.23 Å². The summed E-state index contributed by atoms with van der Waals surface area (Å²) in [7, 11) is 1.64. The van der Waals surface area contributed by atoms with Crippen molar-refractivity contribution >= 4 is 6.08 Å². The summed E-state index contributed by atoms with van der Waals surface area (Å²) in [5, 5.41) is 0. The minimum absolute atomic E-state index is 0.486. The molecule has 0 spiro atoms. The highest BCUT2D eigenvalue weighted by Crippen LogP contribution is 2.04. The van der Waals surface area contributed by atoms with E-state index in [-0.39, 0.29) is 0 Å². The van der Waals surface area contributed by atoms with Crippen LogP contribution in [-0.2, 0) is 4.74 Å². The van der Waals surface area contributed by atoms with Crippen molar-refractivity contribution in [2.75, 3.05) is 13.7 Å². The molecule has 1 heteroatoms.